The molecular formula is C14H21ClN2O. The van der Waals surface area contributed by atoms with Crippen molar-refractivity contribution in [3.63, 3.8) is 0 Å². The second kappa shape index (κ2) is 6.41. The lowest BCUT2D eigenvalue weighted by Crippen LogP contribution is -2.35. The zero-order chi connectivity index (χ0) is 13.0. The fourth-order valence-electron chi connectivity index (χ4n) is 2.60. The Morgan fingerprint density at radius 1 is 1.39 bits per heavy atom. The molecular weight excluding hydrogens is 248 g/mol. The fraction of sp³-hybridized carbons (Fsp3) is 0.571. The van der Waals surface area contributed by atoms with Gasteiger partial charge in [0, 0.05) is 13.7 Å². The Kier molecular flexibility index (Phi) is 4.87. The third-order valence-corrected chi connectivity index (χ3v) is 4.06. The van der Waals surface area contributed by atoms with Crippen molar-refractivity contribution in [3.8, 4) is 0 Å². The van der Waals surface area contributed by atoms with Gasteiger partial charge in [-0.3, -0.25) is 0 Å². The lowest BCUT2D eigenvalue weighted by atomic mass is 9.88. The van der Waals surface area contributed by atoms with E-state index in [0.717, 1.165) is 44.8 Å². The van der Waals surface area contributed by atoms with Gasteiger partial charge in [0.15, 0.2) is 0 Å². The summed E-state index contributed by atoms with van der Waals surface area (Å²) < 4.78 is 5.11. The van der Waals surface area contributed by atoms with Crippen molar-refractivity contribution in [2.24, 2.45) is 0 Å². The van der Waals surface area contributed by atoms with Crippen LogP contribution in [0.2, 0.25) is 5.02 Å². The summed E-state index contributed by atoms with van der Waals surface area (Å²) in [7, 11) is 1.75. The van der Waals surface area contributed by atoms with Crippen LogP contribution in [0.5, 0.6) is 0 Å². The van der Waals surface area contributed by atoms with Gasteiger partial charge in [-0.25, -0.2) is 0 Å². The van der Waals surface area contributed by atoms with Gasteiger partial charge in [-0.2, -0.15) is 0 Å². The zero-order valence-corrected chi connectivity index (χ0v) is 11.6. The number of para-hydroxylation sites is 1. The molecule has 0 bridgehead atoms. The molecule has 2 rings (SSSR count). The number of nitrogens with two attached hydrogens (primary N) is 1. The van der Waals surface area contributed by atoms with Crippen molar-refractivity contribution in [1.29, 1.82) is 0 Å². The normalized spacial score (nSPS) is 18.1. The summed E-state index contributed by atoms with van der Waals surface area (Å²) in [5.74, 6) is 0.544. The Balaban J connectivity index is 1.95. The van der Waals surface area contributed by atoms with E-state index in [0.29, 0.717) is 10.9 Å². The topological polar surface area (TPSA) is 38.5 Å². The summed E-state index contributed by atoms with van der Waals surface area (Å²) in [5.41, 5.74) is 8.04. The highest BCUT2D eigenvalue weighted by molar-refractivity contribution is 6.33. The lowest BCUT2D eigenvalue weighted by molar-refractivity contribution is 0.130. The highest BCUT2D eigenvalue weighted by atomic mass is 35.5. The smallest absolute Gasteiger partial charge is 0.0638 e. The Bertz CT molecular complexity index is 389. The SMILES string of the molecule is COCCN1CCC(c2cccc(Cl)c2N)CC1. The van der Waals surface area contributed by atoms with Gasteiger partial charge in [0.25, 0.3) is 0 Å². The summed E-state index contributed by atoms with van der Waals surface area (Å²) in [6.07, 6.45) is 2.29. The number of nitrogen functional groups attached to an aromatic ring is 1. The van der Waals surface area contributed by atoms with E-state index in [1.54, 1.807) is 7.11 Å². The van der Waals surface area contributed by atoms with Crippen LogP contribution in [0.25, 0.3) is 0 Å². The summed E-state index contributed by atoms with van der Waals surface area (Å²) in [6.45, 7) is 4.05. The van der Waals surface area contributed by atoms with Crippen LogP contribution < -0.4 is 5.73 Å². The zero-order valence-electron chi connectivity index (χ0n) is 10.9. The Morgan fingerprint density at radius 2 is 2.11 bits per heavy atom. The Hall–Kier alpha value is -0.770. The number of benzene rings is 1. The van der Waals surface area contributed by atoms with Crippen LogP contribution in [0.15, 0.2) is 18.2 Å². The van der Waals surface area contributed by atoms with Gasteiger partial charge in [-0.05, 0) is 43.5 Å². The van der Waals surface area contributed by atoms with Gasteiger partial charge in [0.1, 0.15) is 0 Å². The fourth-order valence-corrected chi connectivity index (χ4v) is 2.78. The minimum absolute atomic E-state index is 0.544. The molecule has 0 saturated carbocycles. The molecule has 2 N–H and O–H groups in total. The van der Waals surface area contributed by atoms with Crippen LogP contribution in [0.3, 0.4) is 0 Å². The second-order valence-corrected chi connectivity index (χ2v) is 5.26. The standard InChI is InChI=1S/C14H21ClN2O/c1-18-10-9-17-7-5-11(6-8-17)12-3-2-4-13(15)14(12)16/h2-4,11H,5-10,16H2,1H3. The minimum atomic E-state index is 0.544. The van der Waals surface area contributed by atoms with Crippen molar-refractivity contribution >= 4 is 17.3 Å². The van der Waals surface area contributed by atoms with Crippen LogP contribution in [-0.4, -0.2) is 38.3 Å². The van der Waals surface area contributed by atoms with Crippen molar-refractivity contribution in [3.05, 3.63) is 28.8 Å². The molecule has 0 unspecified atom stereocenters. The Labute approximate surface area is 114 Å². The lowest BCUT2D eigenvalue weighted by Gasteiger charge is -2.32. The highest BCUT2D eigenvalue weighted by Gasteiger charge is 2.22. The van der Waals surface area contributed by atoms with Crippen LogP contribution in [0.4, 0.5) is 5.69 Å². The van der Waals surface area contributed by atoms with Gasteiger partial charge in [0.2, 0.25) is 0 Å². The first-order chi connectivity index (χ1) is 8.72. The average molecular weight is 269 g/mol. The molecule has 1 aromatic carbocycles. The summed E-state index contributed by atoms with van der Waals surface area (Å²) in [4.78, 5) is 2.45. The number of halogens is 1. The first kappa shape index (κ1) is 13.7. The first-order valence-corrected chi connectivity index (χ1v) is 6.85. The van der Waals surface area contributed by atoms with E-state index in [4.69, 9.17) is 22.1 Å². The number of nitrogens with zero attached hydrogens (tertiary/aromatic N) is 1. The monoisotopic (exact) mass is 268 g/mol. The van der Waals surface area contributed by atoms with Crippen LogP contribution in [0.1, 0.15) is 24.3 Å². The number of piperidine rings is 1. The number of hydrogen-bond donors (Lipinski definition) is 1. The molecule has 3 nitrogen and oxygen atoms in total. The number of methoxy groups -OCH3 is 1. The third-order valence-electron chi connectivity index (χ3n) is 3.73. The molecule has 1 aliphatic rings. The first-order valence-electron chi connectivity index (χ1n) is 6.47. The molecule has 4 heteroatoms. The van der Waals surface area contributed by atoms with Crippen molar-refractivity contribution in [2.75, 3.05) is 39.1 Å². The number of rotatable bonds is 4. The van der Waals surface area contributed by atoms with E-state index < -0.39 is 0 Å². The number of anilines is 1. The molecule has 0 spiro atoms. The average Bonchev–Trinajstić information content (AvgIpc) is 2.40. The molecule has 0 radical (unpaired) electrons. The largest absolute Gasteiger partial charge is 0.397 e. The van der Waals surface area contributed by atoms with E-state index in [-0.39, 0.29) is 0 Å². The van der Waals surface area contributed by atoms with Crippen molar-refractivity contribution in [2.45, 2.75) is 18.8 Å². The third kappa shape index (κ3) is 3.16. The van der Waals surface area contributed by atoms with Gasteiger partial charge < -0.3 is 15.4 Å². The molecule has 1 aliphatic heterocycles. The molecule has 1 aromatic rings. The van der Waals surface area contributed by atoms with E-state index in [1.165, 1.54) is 5.56 Å². The van der Waals surface area contributed by atoms with Crippen molar-refractivity contribution < 1.29 is 4.74 Å². The molecule has 1 fully saturated rings. The molecule has 0 aliphatic carbocycles. The Morgan fingerprint density at radius 3 is 2.78 bits per heavy atom. The van der Waals surface area contributed by atoms with Gasteiger partial charge in [0.05, 0.1) is 17.3 Å². The van der Waals surface area contributed by atoms with Gasteiger partial charge in [-0.15, -0.1) is 0 Å². The summed E-state index contributed by atoms with van der Waals surface area (Å²) in [6, 6.07) is 5.95. The van der Waals surface area contributed by atoms with E-state index in [1.807, 2.05) is 12.1 Å². The maximum absolute atomic E-state index is 6.08. The molecule has 18 heavy (non-hydrogen) atoms. The molecule has 100 valence electrons. The van der Waals surface area contributed by atoms with Crippen LogP contribution in [0, 0.1) is 0 Å². The predicted molar refractivity (Wildman–Crippen MR) is 76.2 cm³/mol. The number of hydrogen-bond acceptors (Lipinski definition) is 3. The van der Waals surface area contributed by atoms with Gasteiger partial charge in [-0.1, -0.05) is 23.7 Å². The van der Waals surface area contributed by atoms with Gasteiger partial charge >= 0.3 is 0 Å². The molecule has 1 saturated heterocycles. The van der Waals surface area contributed by atoms with Crippen LogP contribution in [-0.2, 0) is 4.74 Å². The number of likely N-dealkylation sites (tertiary alicyclic amines) is 1. The molecule has 0 atom stereocenters. The molecule has 0 amide bonds. The molecule has 0 aromatic heterocycles. The predicted octanol–water partition coefficient (Wildman–Crippen LogP) is 2.75. The van der Waals surface area contributed by atoms with Crippen molar-refractivity contribution in [1.82, 2.24) is 4.90 Å². The van der Waals surface area contributed by atoms with Crippen LogP contribution >= 0.6 is 11.6 Å². The summed E-state index contributed by atoms with van der Waals surface area (Å²) >= 11 is 6.08. The van der Waals surface area contributed by atoms with E-state index in [2.05, 4.69) is 11.0 Å². The second-order valence-electron chi connectivity index (χ2n) is 4.85. The molecule has 1 heterocycles. The van der Waals surface area contributed by atoms with E-state index >= 15 is 0 Å². The highest BCUT2D eigenvalue weighted by Crippen LogP contribution is 2.34. The quantitative estimate of drug-likeness (QED) is 0.854. The summed E-state index contributed by atoms with van der Waals surface area (Å²) in [5, 5.41) is 0.675. The van der Waals surface area contributed by atoms with E-state index in [9.17, 15) is 0 Å². The minimum Gasteiger partial charge on any atom is -0.397 e. The number of ether oxygens (including phenoxy) is 1. The maximum Gasteiger partial charge on any atom is 0.0638 e. The maximum atomic E-state index is 6.08.